The summed E-state index contributed by atoms with van der Waals surface area (Å²) in [7, 11) is 1.66. The lowest BCUT2D eigenvalue weighted by Crippen LogP contribution is -2.27. The summed E-state index contributed by atoms with van der Waals surface area (Å²) in [5, 5.41) is 8.93. The molecule has 2 heterocycles. The molecule has 0 saturated heterocycles. The second-order valence-electron chi connectivity index (χ2n) is 8.00. The Bertz CT molecular complexity index is 1250. The summed E-state index contributed by atoms with van der Waals surface area (Å²) in [4.78, 5) is 17.4. The number of rotatable bonds is 7. The number of ether oxygens (including phenoxy) is 1. The molecule has 0 bridgehead atoms. The van der Waals surface area contributed by atoms with Gasteiger partial charge in [0.1, 0.15) is 11.4 Å². The summed E-state index contributed by atoms with van der Waals surface area (Å²) in [6.07, 6.45) is 0.313. The Labute approximate surface area is 188 Å². The number of nitrogens with one attached hydrogen (secondary N) is 1. The summed E-state index contributed by atoms with van der Waals surface area (Å²) in [5.74, 6) is 0.738. The Balaban J connectivity index is 1.62. The highest BCUT2D eigenvalue weighted by atomic mass is 16.5. The van der Waals surface area contributed by atoms with Crippen LogP contribution in [0.3, 0.4) is 0 Å². The minimum atomic E-state index is -0.0511. The molecule has 1 N–H and O–H groups in total. The van der Waals surface area contributed by atoms with Crippen LogP contribution in [0, 0.1) is 13.8 Å². The van der Waals surface area contributed by atoms with Crippen molar-refractivity contribution >= 4 is 16.9 Å². The van der Waals surface area contributed by atoms with E-state index in [2.05, 4.69) is 18.3 Å². The molecule has 164 valence electrons. The smallest absolute Gasteiger partial charge is 0.222 e. The predicted octanol–water partition coefficient (Wildman–Crippen LogP) is 4.99. The molecule has 0 radical (unpaired) electrons. The van der Waals surface area contributed by atoms with E-state index < -0.39 is 0 Å². The van der Waals surface area contributed by atoms with Crippen molar-refractivity contribution in [3.05, 3.63) is 77.5 Å². The first-order chi connectivity index (χ1) is 15.5. The monoisotopic (exact) mass is 428 g/mol. The predicted molar refractivity (Wildman–Crippen MR) is 127 cm³/mol. The molecule has 1 atom stereocenters. The van der Waals surface area contributed by atoms with E-state index in [0.717, 1.165) is 44.9 Å². The highest BCUT2D eigenvalue weighted by molar-refractivity contribution is 5.95. The van der Waals surface area contributed by atoms with Gasteiger partial charge in [0.15, 0.2) is 5.65 Å². The molecule has 2 aromatic heterocycles. The van der Waals surface area contributed by atoms with Gasteiger partial charge in [-0.2, -0.15) is 5.10 Å². The van der Waals surface area contributed by atoms with Gasteiger partial charge in [0.2, 0.25) is 5.91 Å². The fourth-order valence-corrected chi connectivity index (χ4v) is 4.05. The minimum absolute atomic E-state index is 0.0202. The standard InChI is InChI=1S/C26H28N4O2/c1-17-16-18(2)27-26-24(17)25(21-12-8-9-13-22(21)32-4)29-30(26)15-14-23(31)28-19(3)20-10-6-5-7-11-20/h5-13,16,19H,14-15H2,1-4H3,(H,28,31). The number of pyridine rings is 1. The van der Waals surface area contributed by atoms with E-state index >= 15 is 0 Å². The van der Waals surface area contributed by atoms with Gasteiger partial charge >= 0.3 is 0 Å². The third-order valence-electron chi connectivity index (χ3n) is 5.62. The van der Waals surface area contributed by atoms with Crippen molar-refractivity contribution in [2.24, 2.45) is 0 Å². The van der Waals surface area contributed by atoms with E-state index in [1.807, 2.05) is 73.1 Å². The van der Waals surface area contributed by atoms with Gasteiger partial charge in [-0.1, -0.05) is 42.5 Å². The average molecular weight is 429 g/mol. The van der Waals surface area contributed by atoms with E-state index in [9.17, 15) is 4.79 Å². The van der Waals surface area contributed by atoms with Crippen molar-refractivity contribution in [1.82, 2.24) is 20.1 Å². The van der Waals surface area contributed by atoms with Crippen LogP contribution in [0.5, 0.6) is 5.75 Å². The molecule has 6 nitrogen and oxygen atoms in total. The first kappa shape index (κ1) is 21.6. The maximum Gasteiger partial charge on any atom is 0.222 e. The Morgan fingerprint density at radius 3 is 2.56 bits per heavy atom. The second-order valence-corrected chi connectivity index (χ2v) is 8.00. The highest BCUT2D eigenvalue weighted by Crippen LogP contribution is 2.35. The zero-order valence-electron chi connectivity index (χ0n) is 18.9. The van der Waals surface area contributed by atoms with Gasteiger partial charge < -0.3 is 10.1 Å². The number of amides is 1. The van der Waals surface area contributed by atoms with Crippen molar-refractivity contribution in [1.29, 1.82) is 0 Å². The van der Waals surface area contributed by atoms with E-state index in [0.29, 0.717) is 13.0 Å². The van der Waals surface area contributed by atoms with Crippen LogP contribution in [0.15, 0.2) is 60.7 Å². The molecule has 0 spiro atoms. The number of nitrogens with zero attached hydrogens (tertiary/aromatic N) is 3. The van der Waals surface area contributed by atoms with Crippen molar-refractivity contribution in [3.63, 3.8) is 0 Å². The highest BCUT2D eigenvalue weighted by Gasteiger charge is 2.19. The number of hydrogen-bond acceptors (Lipinski definition) is 4. The van der Waals surface area contributed by atoms with Crippen LogP contribution in [0.2, 0.25) is 0 Å². The van der Waals surface area contributed by atoms with Gasteiger partial charge in [-0.25, -0.2) is 9.67 Å². The number of aromatic nitrogens is 3. The van der Waals surface area contributed by atoms with Crippen LogP contribution in [0.1, 0.15) is 36.2 Å². The van der Waals surface area contributed by atoms with Gasteiger partial charge in [-0.15, -0.1) is 0 Å². The molecule has 2 aromatic carbocycles. The van der Waals surface area contributed by atoms with E-state index in [1.54, 1.807) is 7.11 Å². The number of methoxy groups -OCH3 is 1. The zero-order valence-corrected chi connectivity index (χ0v) is 18.9. The fourth-order valence-electron chi connectivity index (χ4n) is 4.05. The molecular weight excluding hydrogens is 400 g/mol. The van der Waals surface area contributed by atoms with Crippen molar-refractivity contribution in [2.75, 3.05) is 7.11 Å². The summed E-state index contributed by atoms with van der Waals surface area (Å²) < 4.78 is 7.41. The van der Waals surface area contributed by atoms with E-state index in [-0.39, 0.29) is 11.9 Å². The van der Waals surface area contributed by atoms with Crippen LogP contribution < -0.4 is 10.1 Å². The van der Waals surface area contributed by atoms with Crippen LogP contribution >= 0.6 is 0 Å². The SMILES string of the molecule is COc1ccccc1-c1nn(CCC(=O)NC(C)c2ccccc2)c2nc(C)cc(C)c12. The zero-order chi connectivity index (χ0) is 22.7. The fraction of sp³-hybridized carbons (Fsp3) is 0.269. The molecule has 1 amide bonds. The van der Waals surface area contributed by atoms with Crippen molar-refractivity contribution in [2.45, 2.75) is 39.8 Å². The molecule has 0 aliphatic carbocycles. The maximum absolute atomic E-state index is 12.7. The first-order valence-electron chi connectivity index (χ1n) is 10.8. The lowest BCUT2D eigenvalue weighted by Gasteiger charge is -2.14. The summed E-state index contributed by atoms with van der Waals surface area (Å²) in [6, 6.07) is 19.8. The van der Waals surface area contributed by atoms with E-state index in [1.165, 1.54) is 0 Å². The number of hydrogen-bond donors (Lipinski definition) is 1. The van der Waals surface area contributed by atoms with Crippen molar-refractivity contribution < 1.29 is 9.53 Å². The quantitative estimate of drug-likeness (QED) is 0.450. The molecule has 1 unspecified atom stereocenters. The molecule has 0 aliphatic heterocycles. The lowest BCUT2D eigenvalue weighted by molar-refractivity contribution is -0.122. The molecule has 4 aromatic rings. The van der Waals surface area contributed by atoms with E-state index in [4.69, 9.17) is 14.8 Å². The maximum atomic E-state index is 12.7. The van der Waals surface area contributed by atoms with Crippen molar-refractivity contribution in [3.8, 4) is 17.0 Å². The first-order valence-corrected chi connectivity index (χ1v) is 10.8. The average Bonchev–Trinajstić information content (AvgIpc) is 3.16. The largest absolute Gasteiger partial charge is 0.496 e. The van der Waals surface area contributed by atoms with Gasteiger partial charge in [-0.3, -0.25) is 4.79 Å². The number of fused-ring (bicyclic) bond motifs is 1. The third-order valence-corrected chi connectivity index (χ3v) is 5.62. The van der Waals surface area contributed by atoms with Crippen LogP contribution in [0.25, 0.3) is 22.3 Å². The van der Waals surface area contributed by atoms with Crippen LogP contribution in [-0.2, 0) is 11.3 Å². The van der Waals surface area contributed by atoms with Gasteiger partial charge in [0.05, 0.1) is 25.1 Å². The Kier molecular flexibility index (Phi) is 6.21. The molecule has 32 heavy (non-hydrogen) atoms. The normalized spacial score (nSPS) is 12.0. The number of para-hydroxylation sites is 1. The Hall–Kier alpha value is -3.67. The Morgan fingerprint density at radius 2 is 1.81 bits per heavy atom. The van der Waals surface area contributed by atoms with Gasteiger partial charge in [0, 0.05) is 17.7 Å². The molecule has 4 rings (SSSR count). The van der Waals surface area contributed by atoms with Crippen LogP contribution in [-0.4, -0.2) is 27.8 Å². The summed E-state index contributed by atoms with van der Waals surface area (Å²) >= 11 is 0. The number of aryl methyl sites for hydroxylation is 3. The molecular formula is C26H28N4O2. The molecule has 0 aliphatic rings. The molecule has 6 heteroatoms. The van der Waals surface area contributed by atoms with Gasteiger partial charge in [-0.05, 0) is 50.1 Å². The van der Waals surface area contributed by atoms with Gasteiger partial charge in [0.25, 0.3) is 0 Å². The topological polar surface area (TPSA) is 69.0 Å². The molecule has 0 fully saturated rings. The third kappa shape index (κ3) is 4.35. The lowest BCUT2D eigenvalue weighted by atomic mass is 10.0. The van der Waals surface area contributed by atoms with Crippen LogP contribution in [0.4, 0.5) is 0 Å². The summed E-state index contributed by atoms with van der Waals surface area (Å²) in [5.41, 5.74) is 5.62. The molecule has 0 saturated carbocycles. The number of carbonyl (C=O) groups is 1. The number of benzene rings is 2. The Morgan fingerprint density at radius 1 is 1.09 bits per heavy atom. The second kappa shape index (κ2) is 9.22. The summed E-state index contributed by atoms with van der Waals surface area (Å²) in [6.45, 7) is 6.47. The number of carbonyl (C=O) groups excluding carboxylic acids is 1. The minimum Gasteiger partial charge on any atom is -0.496 e.